The van der Waals surface area contributed by atoms with Crippen LogP contribution in [-0.2, 0) is 10.3 Å². The van der Waals surface area contributed by atoms with Gasteiger partial charge in [0.1, 0.15) is 17.7 Å². The summed E-state index contributed by atoms with van der Waals surface area (Å²) in [5, 5.41) is 5.42. The van der Waals surface area contributed by atoms with Crippen LogP contribution in [0.3, 0.4) is 0 Å². The molecule has 3 rings (SSSR count). The highest BCUT2D eigenvalue weighted by molar-refractivity contribution is 5.90. The molecule has 1 aliphatic carbocycles. The van der Waals surface area contributed by atoms with Crippen molar-refractivity contribution in [2.75, 3.05) is 13.6 Å². The summed E-state index contributed by atoms with van der Waals surface area (Å²) >= 11 is 0. The first-order chi connectivity index (χ1) is 10.4. The number of amides is 3. The van der Waals surface area contributed by atoms with Gasteiger partial charge in [-0.05, 0) is 25.3 Å². The standard InChI is InChI=1S/C15H17F2N3O2/c1-20-8-12(18-14(20)22)13(21)19-15(5-2-6-15)10-4-3-9(16)7-11(10)17/h3-4,7,12H,2,5-6,8H2,1H3,(H,18,22)(H,19,21). The number of benzene rings is 1. The molecule has 5 nitrogen and oxygen atoms in total. The molecule has 7 heteroatoms. The van der Waals surface area contributed by atoms with Crippen LogP contribution >= 0.6 is 0 Å². The Morgan fingerprint density at radius 2 is 2.14 bits per heavy atom. The van der Waals surface area contributed by atoms with Crippen molar-refractivity contribution in [2.45, 2.75) is 30.8 Å². The fourth-order valence-corrected chi connectivity index (χ4v) is 3.00. The van der Waals surface area contributed by atoms with Crippen LogP contribution in [0.15, 0.2) is 18.2 Å². The van der Waals surface area contributed by atoms with E-state index < -0.39 is 23.2 Å². The molecule has 1 saturated heterocycles. The van der Waals surface area contributed by atoms with Crippen LogP contribution in [0.1, 0.15) is 24.8 Å². The summed E-state index contributed by atoms with van der Waals surface area (Å²) in [5.74, 6) is -1.65. The molecule has 1 aromatic rings. The number of hydrogen-bond acceptors (Lipinski definition) is 2. The van der Waals surface area contributed by atoms with Crippen LogP contribution in [0, 0.1) is 11.6 Å². The van der Waals surface area contributed by atoms with Crippen molar-refractivity contribution >= 4 is 11.9 Å². The molecule has 118 valence electrons. The lowest BCUT2D eigenvalue weighted by Crippen LogP contribution is -2.56. The molecule has 0 spiro atoms. The van der Waals surface area contributed by atoms with Crippen molar-refractivity contribution in [2.24, 2.45) is 0 Å². The fourth-order valence-electron chi connectivity index (χ4n) is 3.00. The second kappa shape index (κ2) is 5.23. The van der Waals surface area contributed by atoms with Crippen molar-refractivity contribution in [1.29, 1.82) is 0 Å². The van der Waals surface area contributed by atoms with E-state index in [0.29, 0.717) is 18.4 Å². The van der Waals surface area contributed by atoms with Crippen LogP contribution in [0.25, 0.3) is 0 Å². The summed E-state index contributed by atoms with van der Waals surface area (Å²) < 4.78 is 27.1. The van der Waals surface area contributed by atoms with Gasteiger partial charge < -0.3 is 15.5 Å². The minimum absolute atomic E-state index is 0.270. The molecule has 1 heterocycles. The molecule has 1 aromatic carbocycles. The third-order valence-electron chi connectivity index (χ3n) is 4.43. The summed E-state index contributed by atoms with van der Waals surface area (Å²) in [6.45, 7) is 0.270. The van der Waals surface area contributed by atoms with Crippen molar-refractivity contribution in [3.63, 3.8) is 0 Å². The van der Waals surface area contributed by atoms with E-state index in [1.54, 1.807) is 7.05 Å². The number of likely N-dealkylation sites (N-methyl/N-ethyl adjacent to an activating group) is 1. The molecule has 2 N–H and O–H groups in total. The average Bonchev–Trinajstić information content (AvgIpc) is 2.75. The second-order valence-corrected chi connectivity index (χ2v) is 5.93. The Labute approximate surface area is 126 Å². The summed E-state index contributed by atoms with van der Waals surface area (Å²) in [4.78, 5) is 25.2. The van der Waals surface area contributed by atoms with Gasteiger partial charge >= 0.3 is 6.03 Å². The predicted molar refractivity (Wildman–Crippen MR) is 75.0 cm³/mol. The number of halogens is 2. The van der Waals surface area contributed by atoms with Crippen LogP contribution in [-0.4, -0.2) is 36.5 Å². The van der Waals surface area contributed by atoms with Gasteiger partial charge in [0.2, 0.25) is 5.91 Å². The average molecular weight is 309 g/mol. The van der Waals surface area contributed by atoms with E-state index in [2.05, 4.69) is 10.6 Å². The maximum Gasteiger partial charge on any atom is 0.317 e. The zero-order chi connectivity index (χ0) is 15.9. The van der Waals surface area contributed by atoms with Gasteiger partial charge in [-0.2, -0.15) is 0 Å². The lowest BCUT2D eigenvalue weighted by molar-refractivity contribution is -0.125. The summed E-state index contributed by atoms with van der Waals surface area (Å²) in [6.07, 6.45) is 2.05. The Morgan fingerprint density at radius 3 is 2.64 bits per heavy atom. The number of nitrogens with zero attached hydrogens (tertiary/aromatic N) is 1. The molecule has 22 heavy (non-hydrogen) atoms. The normalized spacial score (nSPS) is 23.0. The molecule has 1 aliphatic heterocycles. The topological polar surface area (TPSA) is 61.4 Å². The quantitative estimate of drug-likeness (QED) is 0.888. The number of carbonyl (C=O) groups is 2. The lowest BCUT2D eigenvalue weighted by Gasteiger charge is -2.43. The highest BCUT2D eigenvalue weighted by Gasteiger charge is 2.44. The molecule has 0 aromatic heterocycles. The lowest BCUT2D eigenvalue weighted by atomic mass is 9.71. The van der Waals surface area contributed by atoms with Crippen molar-refractivity contribution in [3.05, 3.63) is 35.4 Å². The molecule has 1 atom stereocenters. The second-order valence-electron chi connectivity index (χ2n) is 5.93. The number of hydrogen-bond donors (Lipinski definition) is 2. The zero-order valence-corrected chi connectivity index (χ0v) is 12.2. The molecule has 0 bridgehead atoms. The van der Waals surface area contributed by atoms with E-state index in [4.69, 9.17) is 0 Å². The number of rotatable bonds is 3. The molecular formula is C15H17F2N3O2. The highest BCUT2D eigenvalue weighted by Crippen LogP contribution is 2.42. The van der Waals surface area contributed by atoms with Crippen LogP contribution in [0.4, 0.5) is 13.6 Å². The Morgan fingerprint density at radius 1 is 1.41 bits per heavy atom. The summed E-state index contributed by atoms with van der Waals surface area (Å²) in [7, 11) is 1.60. The molecule has 2 aliphatic rings. The molecule has 2 fully saturated rings. The van der Waals surface area contributed by atoms with Crippen molar-refractivity contribution in [3.8, 4) is 0 Å². The summed E-state index contributed by atoms with van der Waals surface area (Å²) in [6, 6.07) is 2.43. The SMILES string of the molecule is CN1CC(C(=O)NC2(c3ccc(F)cc3F)CCC2)NC1=O. The minimum Gasteiger partial charge on any atom is -0.345 e. The van der Waals surface area contributed by atoms with E-state index in [0.717, 1.165) is 12.5 Å². The maximum absolute atomic E-state index is 14.0. The Hall–Kier alpha value is -2.18. The first-order valence-corrected chi connectivity index (χ1v) is 7.20. The Kier molecular flexibility index (Phi) is 3.50. The molecule has 3 amide bonds. The predicted octanol–water partition coefficient (Wildman–Crippen LogP) is 1.48. The van der Waals surface area contributed by atoms with Crippen LogP contribution in [0.5, 0.6) is 0 Å². The van der Waals surface area contributed by atoms with E-state index in [1.165, 1.54) is 17.0 Å². The van der Waals surface area contributed by atoms with Gasteiger partial charge in [-0.1, -0.05) is 6.07 Å². The van der Waals surface area contributed by atoms with Gasteiger partial charge in [-0.25, -0.2) is 13.6 Å². The highest BCUT2D eigenvalue weighted by atomic mass is 19.1. The van der Waals surface area contributed by atoms with Crippen molar-refractivity contribution < 1.29 is 18.4 Å². The van der Waals surface area contributed by atoms with E-state index in [9.17, 15) is 18.4 Å². The largest absolute Gasteiger partial charge is 0.345 e. The third kappa shape index (κ3) is 2.40. The monoisotopic (exact) mass is 309 g/mol. The fraction of sp³-hybridized carbons (Fsp3) is 0.467. The Balaban J connectivity index is 1.79. The van der Waals surface area contributed by atoms with E-state index in [-0.39, 0.29) is 18.5 Å². The maximum atomic E-state index is 14.0. The van der Waals surface area contributed by atoms with Gasteiger partial charge in [0.25, 0.3) is 0 Å². The van der Waals surface area contributed by atoms with Crippen LogP contribution in [0.2, 0.25) is 0 Å². The van der Waals surface area contributed by atoms with Gasteiger partial charge in [0, 0.05) is 18.7 Å². The number of urea groups is 1. The molecule has 1 saturated carbocycles. The smallest absolute Gasteiger partial charge is 0.317 e. The summed E-state index contributed by atoms with van der Waals surface area (Å²) in [5.41, 5.74) is -0.507. The first-order valence-electron chi connectivity index (χ1n) is 7.20. The molecule has 0 radical (unpaired) electrons. The van der Waals surface area contributed by atoms with Gasteiger partial charge in [-0.15, -0.1) is 0 Å². The van der Waals surface area contributed by atoms with Crippen LogP contribution < -0.4 is 10.6 Å². The van der Waals surface area contributed by atoms with Gasteiger partial charge in [0.05, 0.1) is 12.1 Å². The number of nitrogens with one attached hydrogen (secondary N) is 2. The Bertz CT molecular complexity index is 631. The van der Waals surface area contributed by atoms with Gasteiger partial charge in [-0.3, -0.25) is 4.79 Å². The first kappa shape index (κ1) is 14.7. The van der Waals surface area contributed by atoms with E-state index in [1.807, 2.05) is 0 Å². The molecule has 1 unspecified atom stereocenters. The minimum atomic E-state index is -0.805. The van der Waals surface area contributed by atoms with Crippen molar-refractivity contribution in [1.82, 2.24) is 15.5 Å². The van der Waals surface area contributed by atoms with E-state index >= 15 is 0 Å². The van der Waals surface area contributed by atoms with Gasteiger partial charge in [0.15, 0.2) is 0 Å². The zero-order valence-electron chi connectivity index (χ0n) is 12.2. The third-order valence-corrected chi connectivity index (χ3v) is 4.43. The number of carbonyl (C=O) groups excluding carboxylic acids is 2. The molecular weight excluding hydrogens is 292 g/mol.